The fourth-order valence-electron chi connectivity index (χ4n) is 1.95. The van der Waals surface area contributed by atoms with Gasteiger partial charge in [0.15, 0.2) is 0 Å². The molecule has 1 heterocycles. The Kier molecular flexibility index (Phi) is 3.90. The number of aliphatic hydroxyl groups is 1. The molecule has 0 amide bonds. The van der Waals surface area contributed by atoms with E-state index in [2.05, 4.69) is 9.97 Å². The van der Waals surface area contributed by atoms with Gasteiger partial charge in [0.2, 0.25) is 11.8 Å². The van der Waals surface area contributed by atoms with Crippen molar-refractivity contribution < 1.29 is 14.6 Å². The van der Waals surface area contributed by atoms with Crippen molar-refractivity contribution in [3.05, 3.63) is 47.3 Å². The molecule has 0 fully saturated rings. The molecule has 20 heavy (non-hydrogen) atoms. The lowest BCUT2D eigenvalue weighted by molar-refractivity contribution is 0.0926. The van der Waals surface area contributed by atoms with Crippen LogP contribution < -0.4 is 9.47 Å². The van der Waals surface area contributed by atoms with Gasteiger partial charge in [0.25, 0.3) is 0 Å². The van der Waals surface area contributed by atoms with Crippen LogP contribution in [0, 0.1) is 6.92 Å². The third kappa shape index (κ3) is 2.58. The van der Waals surface area contributed by atoms with E-state index in [9.17, 15) is 5.11 Å². The molecule has 1 unspecified atom stereocenters. The van der Waals surface area contributed by atoms with Crippen LogP contribution in [-0.2, 0) is 5.60 Å². The summed E-state index contributed by atoms with van der Waals surface area (Å²) < 4.78 is 10.2. The molecule has 2 rings (SSSR count). The van der Waals surface area contributed by atoms with Gasteiger partial charge >= 0.3 is 0 Å². The minimum absolute atomic E-state index is 0.245. The van der Waals surface area contributed by atoms with Gasteiger partial charge in [0, 0.05) is 0 Å². The van der Waals surface area contributed by atoms with Crippen molar-refractivity contribution >= 4 is 0 Å². The third-order valence-corrected chi connectivity index (χ3v) is 3.20. The third-order valence-electron chi connectivity index (χ3n) is 3.20. The predicted molar refractivity (Wildman–Crippen MR) is 75.0 cm³/mol. The topological polar surface area (TPSA) is 64.5 Å². The van der Waals surface area contributed by atoms with Crippen molar-refractivity contribution in [3.8, 4) is 11.8 Å². The number of benzene rings is 1. The molecule has 0 aliphatic heterocycles. The van der Waals surface area contributed by atoms with E-state index in [1.54, 1.807) is 6.92 Å². The van der Waals surface area contributed by atoms with Gasteiger partial charge in [-0.15, -0.1) is 0 Å². The zero-order valence-electron chi connectivity index (χ0n) is 12.0. The Morgan fingerprint density at radius 2 is 1.75 bits per heavy atom. The van der Waals surface area contributed by atoms with Crippen LogP contribution in [0.2, 0.25) is 0 Å². The molecule has 0 saturated carbocycles. The van der Waals surface area contributed by atoms with Gasteiger partial charge < -0.3 is 14.6 Å². The summed E-state index contributed by atoms with van der Waals surface area (Å²) >= 11 is 0. The van der Waals surface area contributed by atoms with Gasteiger partial charge in [-0.2, -0.15) is 4.98 Å². The van der Waals surface area contributed by atoms with Crippen molar-refractivity contribution in [3.63, 3.8) is 0 Å². The summed E-state index contributed by atoms with van der Waals surface area (Å²) in [6, 6.07) is 7.60. The first-order chi connectivity index (χ1) is 9.48. The zero-order chi connectivity index (χ0) is 14.8. The van der Waals surface area contributed by atoms with Gasteiger partial charge in [-0.05, 0) is 19.4 Å². The molecule has 1 aromatic heterocycles. The van der Waals surface area contributed by atoms with Gasteiger partial charge in [-0.25, -0.2) is 4.98 Å². The van der Waals surface area contributed by atoms with Crippen molar-refractivity contribution in [1.82, 2.24) is 9.97 Å². The lowest BCUT2D eigenvalue weighted by atomic mass is 9.92. The van der Waals surface area contributed by atoms with Gasteiger partial charge in [-0.3, -0.25) is 0 Å². The highest BCUT2D eigenvalue weighted by molar-refractivity contribution is 5.38. The highest BCUT2D eigenvalue weighted by Gasteiger charge is 2.32. The molecule has 1 aromatic carbocycles. The van der Waals surface area contributed by atoms with Crippen molar-refractivity contribution in [2.24, 2.45) is 0 Å². The number of nitrogens with zero attached hydrogens (tertiary/aromatic N) is 2. The van der Waals surface area contributed by atoms with Crippen LogP contribution in [0.1, 0.15) is 23.7 Å². The van der Waals surface area contributed by atoms with Gasteiger partial charge in [-0.1, -0.05) is 29.8 Å². The molecule has 5 nitrogen and oxygen atoms in total. The predicted octanol–water partition coefficient (Wildman–Crippen LogP) is 2.06. The van der Waals surface area contributed by atoms with Gasteiger partial charge in [0.1, 0.15) is 11.3 Å². The van der Waals surface area contributed by atoms with Crippen molar-refractivity contribution in [1.29, 1.82) is 0 Å². The van der Waals surface area contributed by atoms with Crippen LogP contribution in [-0.4, -0.2) is 29.3 Å². The Balaban J connectivity index is 2.50. The minimum atomic E-state index is -1.29. The molecule has 1 N–H and O–H groups in total. The van der Waals surface area contributed by atoms with E-state index in [0.29, 0.717) is 11.6 Å². The largest absolute Gasteiger partial charge is 0.480 e. The van der Waals surface area contributed by atoms with Crippen molar-refractivity contribution in [2.75, 3.05) is 14.2 Å². The van der Waals surface area contributed by atoms with Crippen LogP contribution in [0.25, 0.3) is 0 Å². The summed E-state index contributed by atoms with van der Waals surface area (Å²) in [5, 5.41) is 10.8. The Labute approximate surface area is 118 Å². The van der Waals surface area contributed by atoms with E-state index in [0.717, 1.165) is 11.1 Å². The van der Waals surface area contributed by atoms with E-state index < -0.39 is 5.60 Å². The Bertz CT molecular complexity index is 595. The Morgan fingerprint density at radius 1 is 1.10 bits per heavy atom. The van der Waals surface area contributed by atoms with Crippen LogP contribution in [0.4, 0.5) is 0 Å². The second kappa shape index (κ2) is 5.46. The van der Waals surface area contributed by atoms with Crippen LogP contribution in [0.15, 0.2) is 30.5 Å². The first-order valence-electron chi connectivity index (χ1n) is 6.24. The molecule has 0 spiro atoms. The highest BCUT2D eigenvalue weighted by Crippen LogP contribution is 2.33. The summed E-state index contributed by atoms with van der Waals surface area (Å²) in [4.78, 5) is 8.38. The molecule has 0 bridgehead atoms. The maximum atomic E-state index is 10.8. The lowest BCUT2D eigenvalue weighted by Gasteiger charge is -2.24. The number of rotatable bonds is 4. The molecular weight excluding hydrogens is 256 g/mol. The lowest BCUT2D eigenvalue weighted by Crippen LogP contribution is -2.25. The summed E-state index contributed by atoms with van der Waals surface area (Å²) in [6.07, 6.45) is 1.46. The monoisotopic (exact) mass is 274 g/mol. The first kappa shape index (κ1) is 14.3. The van der Waals surface area contributed by atoms with Crippen molar-refractivity contribution in [2.45, 2.75) is 19.4 Å². The molecule has 5 heteroatoms. The minimum Gasteiger partial charge on any atom is -0.480 e. The number of ether oxygens (including phenoxy) is 2. The second-order valence-electron chi connectivity index (χ2n) is 4.71. The zero-order valence-corrected chi connectivity index (χ0v) is 12.0. The van der Waals surface area contributed by atoms with Gasteiger partial charge in [0.05, 0.1) is 20.4 Å². The second-order valence-corrected chi connectivity index (χ2v) is 4.71. The Morgan fingerprint density at radius 3 is 2.30 bits per heavy atom. The molecule has 106 valence electrons. The number of hydrogen-bond acceptors (Lipinski definition) is 5. The number of aromatic nitrogens is 2. The SMILES string of the molecule is COc1cnc(C(C)(O)c2ccc(C)cc2)c(OC)n1. The first-order valence-corrected chi connectivity index (χ1v) is 6.24. The fourth-order valence-corrected chi connectivity index (χ4v) is 1.95. The molecule has 0 aliphatic carbocycles. The Hall–Kier alpha value is -2.14. The van der Waals surface area contributed by atoms with Crippen LogP contribution in [0.3, 0.4) is 0 Å². The van der Waals surface area contributed by atoms with E-state index in [-0.39, 0.29) is 5.88 Å². The summed E-state index contributed by atoms with van der Waals surface area (Å²) in [6.45, 7) is 3.66. The van der Waals surface area contributed by atoms with Crippen LogP contribution in [0.5, 0.6) is 11.8 Å². The number of methoxy groups -OCH3 is 2. The molecule has 0 saturated heterocycles. The van der Waals surface area contributed by atoms with Crippen LogP contribution >= 0.6 is 0 Å². The summed E-state index contributed by atoms with van der Waals surface area (Å²) in [5.41, 5.74) is 0.904. The normalized spacial score (nSPS) is 13.7. The number of hydrogen-bond donors (Lipinski definition) is 1. The molecule has 1 atom stereocenters. The molecular formula is C15H18N2O3. The fraction of sp³-hybridized carbons (Fsp3) is 0.333. The smallest absolute Gasteiger partial charge is 0.242 e. The maximum absolute atomic E-state index is 10.8. The summed E-state index contributed by atoms with van der Waals surface area (Å²) in [5.74, 6) is 0.584. The van der Waals surface area contributed by atoms with E-state index in [1.807, 2.05) is 31.2 Å². The van der Waals surface area contributed by atoms with E-state index in [4.69, 9.17) is 9.47 Å². The summed E-state index contributed by atoms with van der Waals surface area (Å²) in [7, 11) is 2.99. The standard InChI is InChI=1S/C15H18N2O3/c1-10-5-7-11(8-6-10)15(2,18)13-14(20-4)17-12(19-3)9-16-13/h5-9,18H,1-4H3. The van der Waals surface area contributed by atoms with E-state index >= 15 is 0 Å². The quantitative estimate of drug-likeness (QED) is 0.924. The molecule has 0 radical (unpaired) electrons. The number of aryl methyl sites for hydroxylation is 1. The maximum Gasteiger partial charge on any atom is 0.242 e. The highest BCUT2D eigenvalue weighted by atomic mass is 16.5. The average molecular weight is 274 g/mol. The molecule has 2 aromatic rings. The van der Waals surface area contributed by atoms with E-state index in [1.165, 1.54) is 20.4 Å². The molecule has 0 aliphatic rings. The average Bonchev–Trinajstić information content (AvgIpc) is 2.46.